The number of nitrogens with one attached hydrogen (secondary N) is 1. The van der Waals surface area contributed by atoms with E-state index in [4.69, 9.17) is 5.11 Å². The van der Waals surface area contributed by atoms with Crippen LogP contribution in [0, 0.1) is 6.92 Å². The largest absolute Gasteiger partial charge is 0.481 e. The molecule has 1 aliphatic rings. The molecule has 1 aromatic heterocycles. The number of nitrogens with zero attached hydrogens (tertiary/aromatic N) is 1. The Morgan fingerprint density at radius 2 is 2.18 bits per heavy atom. The first kappa shape index (κ1) is 12.4. The molecule has 0 atom stereocenters. The predicted molar refractivity (Wildman–Crippen MR) is 68.7 cm³/mol. The van der Waals surface area contributed by atoms with Gasteiger partial charge < -0.3 is 10.4 Å². The molecule has 2 N–H and O–H groups in total. The lowest BCUT2D eigenvalue weighted by Gasteiger charge is -2.22. The first-order valence-corrected chi connectivity index (χ1v) is 6.91. The van der Waals surface area contributed by atoms with Crippen molar-refractivity contribution in [1.82, 2.24) is 4.98 Å². The first-order valence-electron chi connectivity index (χ1n) is 6.10. The summed E-state index contributed by atoms with van der Waals surface area (Å²) in [6, 6.07) is 0.520. The highest BCUT2D eigenvalue weighted by molar-refractivity contribution is 7.15. The number of aryl methyl sites for hydroxylation is 1. The lowest BCUT2D eigenvalue weighted by atomic mass is 9.96. The zero-order valence-corrected chi connectivity index (χ0v) is 10.8. The van der Waals surface area contributed by atoms with E-state index in [1.54, 1.807) is 0 Å². The monoisotopic (exact) mass is 254 g/mol. The Bertz CT molecular complexity index is 397. The lowest BCUT2D eigenvalue weighted by molar-refractivity contribution is -0.136. The predicted octanol–water partition coefficient (Wildman–Crippen LogP) is 2.82. The Hall–Kier alpha value is -1.10. The second kappa shape index (κ2) is 5.49. The number of rotatable bonds is 4. The molecule has 4 nitrogen and oxygen atoms in total. The van der Waals surface area contributed by atoms with Gasteiger partial charge in [-0.2, -0.15) is 0 Å². The van der Waals surface area contributed by atoms with Crippen molar-refractivity contribution in [3.63, 3.8) is 0 Å². The fourth-order valence-electron chi connectivity index (χ4n) is 2.21. The SMILES string of the molecule is Cc1nc(NC2CCCCC2)sc1CC(=O)O. The van der Waals surface area contributed by atoms with E-state index < -0.39 is 5.97 Å². The van der Waals surface area contributed by atoms with E-state index in [0.717, 1.165) is 15.7 Å². The topological polar surface area (TPSA) is 62.2 Å². The van der Waals surface area contributed by atoms with Crippen molar-refractivity contribution in [3.05, 3.63) is 10.6 Å². The van der Waals surface area contributed by atoms with Gasteiger partial charge in [-0.25, -0.2) is 4.98 Å². The van der Waals surface area contributed by atoms with Gasteiger partial charge >= 0.3 is 5.97 Å². The van der Waals surface area contributed by atoms with Crippen LogP contribution in [0.15, 0.2) is 0 Å². The number of aromatic nitrogens is 1. The van der Waals surface area contributed by atoms with Crippen LogP contribution in [0.4, 0.5) is 5.13 Å². The number of hydrogen-bond donors (Lipinski definition) is 2. The molecule has 0 radical (unpaired) electrons. The summed E-state index contributed by atoms with van der Waals surface area (Å²) >= 11 is 1.48. The lowest BCUT2D eigenvalue weighted by Crippen LogP contribution is -2.21. The molecule has 0 aromatic carbocycles. The van der Waals surface area contributed by atoms with Gasteiger partial charge in [0, 0.05) is 10.9 Å². The van der Waals surface area contributed by atoms with Crippen LogP contribution in [0.5, 0.6) is 0 Å². The maximum Gasteiger partial charge on any atom is 0.308 e. The maximum atomic E-state index is 10.7. The fourth-order valence-corrected chi connectivity index (χ4v) is 3.24. The third-order valence-corrected chi connectivity index (χ3v) is 4.23. The Balaban J connectivity index is 1.98. The van der Waals surface area contributed by atoms with Crippen molar-refractivity contribution >= 4 is 22.4 Å². The summed E-state index contributed by atoms with van der Waals surface area (Å²) in [7, 11) is 0. The highest BCUT2D eigenvalue weighted by atomic mass is 32.1. The van der Waals surface area contributed by atoms with Crippen molar-refractivity contribution in [2.75, 3.05) is 5.32 Å². The van der Waals surface area contributed by atoms with Gasteiger partial charge in [-0.1, -0.05) is 19.3 Å². The van der Waals surface area contributed by atoms with Gasteiger partial charge in [0.15, 0.2) is 5.13 Å². The summed E-state index contributed by atoms with van der Waals surface area (Å²) in [5, 5.41) is 13.1. The van der Waals surface area contributed by atoms with E-state index >= 15 is 0 Å². The minimum absolute atomic E-state index is 0.0792. The van der Waals surface area contributed by atoms with Gasteiger partial charge in [-0.05, 0) is 19.8 Å². The normalized spacial score (nSPS) is 17.0. The van der Waals surface area contributed by atoms with Crippen molar-refractivity contribution in [2.45, 2.75) is 51.5 Å². The molecule has 1 fully saturated rings. The molecule has 0 spiro atoms. The highest BCUT2D eigenvalue weighted by Gasteiger charge is 2.16. The molecule has 0 amide bonds. The molecular weight excluding hydrogens is 236 g/mol. The molecule has 1 aromatic rings. The van der Waals surface area contributed by atoms with Crippen LogP contribution in [0.1, 0.15) is 42.7 Å². The van der Waals surface area contributed by atoms with Crippen molar-refractivity contribution < 1.29 is 9.90 Å². The van der Waals surface area contributed by atoms with Gasteiger partial charge in [0.2, 0.25) is 0 Å². The highest BCUT2D eigenvalue weighted by Crippen LogP contribution is 2.27. The zero-order valence-electron chi connectivity index (χ0n) is 10.0. The van der Waals surface area contributed by atoms with E-state index in [2.05, 4.69) is 10.3 Å². The second-order valence-electron chi connectivity index (χ2n) is 4.58. The first-order chi connectivity index (χ1) is 8.15. The number of carboxylic acid groups (broad SMARTS) is 1. The summed E-state index contributed by atoms with van der Waals surface area (Å²) in [5.41, 5.74) is 0.843. The van der Waals surface area contributed by atoms with Gasteiger partial charge in [-0.3, -0.25) is 4.79 Å². The molecule has 0 saturated heterocycles. The summed E-state index contributed by atoms with van der Waals surface area (Å²) in [6.07, 6.45) is 6.38. The Morgan fingerprint density at radius 1 is 1.47 bits per heavy atom. The average molecular weight is 254 g/mol. The quantitative estimate of drug-likeness (QED) is 0.867. The molecule has 1 heterocycles. The fraction of sp³-hybridized carbons (Fsp3) is 0.667. The number of hydrogen-bond acceptors (Lipinski definition) is 4. The molecule has 0 bridgehead atoms. The third kappa shape index (κ3) is 3.43. The van der Waals surface area contributed by atoms with Crippen LogP contribution in [0.3, 0.4) is 0 Å². The summed E-state index contributed by atoms with van der Waals surface area (Å²) in [4.78, 5) is 15.9. The molecule has 0 unspecified atom stereocenters. The van der Waals surface area contributed by atoms with E-state index in [1.165, 1.54) is 43.4 Å². The molecule has 2 rings (SSSR count). The molecular formula is C12H18N2O2S. The molecule has 94 valence electrons. The smallest absolute Gasteiger partial charge is 0.308 e. The van der Waals surface area contributed by atoms with Gasteiger partial charge in [0.05, 0.1) is 12.1 Å². The number of anilines is 1. The summed E-state index contributed by atoms with van der Waals surface area (Å²) in [5.74, 6) is -0.791. The van der Waals surface area contributed by atoms with Crippen LogP contribution < -0.4 is 5.32 Å². The van der Waals surface area contributed by atoms with Crippen LogP contribution in [0.2, 0.25) is 0 Å². The van der Waals surface area contributed by atoms with E-state index in [0.29, 0.717) is 6.04 Å². The van der Waals surface area contributed by atoms with Gasteiger partial charge in [-0.15, -0.1) is 11.3 Å². The van der Waals surface area contributed by atoms with E-state index in [-0.39, 0.29) is 6.42 Å². The molecule has 1 saturated carbocycles. The molecule has 17 heavy (non-hydrogen) atoms. The summed E-state index contributed by atoms with van der Waals surface area (Å²) < 4.78 is 0. The van der Waals surface area contributed by atoms with Gasteiger partial charge in [0.25, 0.3) is 0 Å². The van der Waals surface area contributed by atoms with Gasteiger partial charge in [0.1, 0.15) is 0 Å². The van der Waals surface area contributed by atoms with Crippen molar-refractivity contribution in [3.8, 4) is 0 Å². The molecule has 1 aliphatic carbocycles. The van der Waals surface area contributed by atoms with Crippen LogP contribution in [0.25, 0.3) is 0 Å². The maximum absolute atomic E-state index is 10.7. The Kier molecular flexibility index (Phi) is 3.99. The number of aliphatic carboxylic acids is 1. The standard InChI is InChI=1S/C12H18N2O2S/c1-8-10(7-11(15)16)17-12(13-8)14-9-5-3-2-4-6-9/h9H,2-7H2,1H3,(H,13,14)(H,15,16). The average Bonchev–Trinajstić information content (AvgIpc) is 2.59. The van der Waals surface area contributed by atoms with Crippen LogP contribution in [-0.2, 0) is 11.2 Å². The third-order valence-electron chi connectivity index (χ3n) is 3.14. The minimum atomic E-state index is -0.791. The van der Waals surface area contributed by atoms with Crippen molar-refractivity contribution in [1.29, 1.82) is 0 Å². The second-order valence-corrected chi connectivity index (χ2v) is 5.66. The minimum Gasteiger partial charge on any atom is -0.481 e. The summed E-state index contributed by atoms with van der Waals surface area (Å²) in [6.45, 7) is 1.88. The number of thiazole rings is 1. The molecule has 5 heteroatoms. The Labute approximate surface area is 105 Å². The van der Waals surface area contributed by atoms with E-state index in [9.17, 15) is 4.79 Å². The molecule has 0 aliphatic heterocycles. The van der Waals surface area contributed by atoms with Crippen molar-refractivity contribution in [2.24, 2.45) is 0 Å². The van der Waals surface area contributed by atoms with Crippen LogP contribution in [-0.4, -0.2) is 22.1 Å². The number of carboxylic acids is 1. The Morgan fingerprint density at radius 3 is 2.82 bits per heavy atom. The van der Waals surface area contributed by atoms with E-state index in [1.807, 2.05) is 6.92 Å². The van der Waals surface area contributed by atoms with Crippen LogP contribution >= 0.6 is 11.3 Å². The number of carbonyl (C=O) groups is 1. The zero-order chi connectivity index (χ0) is 12.3.